The van der Waals surface area contributed by atoms with Gasteiger partial charge in [0.1, 0.15) is 0 Å². The maximum atomic E-state index is 10.9. The van der Waals surface area contributed by atoms with Crippen LogP contribution in [-0.2, 0) is 9.53 Å². The first-order valence-corrected chi connectivity index (χ1v) is 4.60. The zero-order valence-electron chi connectivity index (χ0n) is 9.10. The molecule has 2 nitrogen and oxygen atoms in total. The van der Waals surface area contributed by atoms with E-state index in [0.29, 0.717) is 12.5 Å². The van der Waals surface area contributed by atoms with Crippen LogP contribution in [0.5, 0.6) is 0 Å². The number of carbonyl (C=O) groups excluding carboxylic acids is 1. The molecule has 74 valence electrons. The van der Waals surface area contributed by atoms with Crippen molar-refractivity contribution in [2.24, 2.45) is 11.3 Å². The molecule has 0 atom stereocenters. The predicted molar refractivity (Wildman–Crippen MR) is 53.0 cm³/mol. The van der Waals surface area contributed by atoms with Gasteiger partial charge in [-0.15, -0.1) is 0 Å². The molecule has 0 aromatic carbocycles. The Bertz CT molecular complexity index is 228. The molecule has 0 amide bonds. The van der Waals surface area contributed by atoms with E-state index >= 15 is 0 Å². The Kier molecular flexibility index (Phi) is 4.55. The maximum absolute atomic E-state index is 10.9. The van der Waals surface area contributed by atoms with Crippen LogP contribution in [0.15, 0.2) is 0 Å². The summed E-state index contributed by atoms with van der Waals surface area (Å²) in [4.78, 5) is 10.9. The summed E-state index contributed by atoms with van der Waals surface area (Å²) in [5.41, 5.74) is -0.132. The van der Waals surface area contributed by atoms with Crippen LogP contribution in [0.2, 0.25) is 0 Å². The van der Waals surface area contributed by atoms with Crippen molar-refractivity contribution in [2.45, 2.75) is 34.6 Å². The number of ether oxygens (including phenoxy) is 1. The monoisotopic (exact) mass is 182 g/mol. The third-order valence-corrected chi connectivity index (χ3v) is 2.21. The fourth-order valence-electron chi connectivity index (χ4n) is 0.524. The lowest BCUT2D eigenvalue weighted by molar-refractivity contribution is -0.136. The Balaban J connectivity index is 4.31. The van der Waals surface area contributed by atoms with E-state index in [9.17, 15) is 4.79 Å². The van der Waals surface area contributed by atoms with Crippen molar-refractivity contribution in [2.75, 3.05) is 6.61 Å². The average molecular weight is 182 g/mol. The summed E-state index contributed by atoms with van der Waals surface area (Å²) in [7, 11) is 0. The SMILES string of the molecule is CCOC(=O)C#CC(C)(C)C(C)C. The van der Waals surface area contributed by atoms with E-state index in [1.165, 1.54) is 0 Å². The van der Waals surface area contributed by atoms with Gasteiger partial charge in [0.15, 0.2) is 0 Å². The van der Waals surface area contributed by atoms with Crippen molar-refractivity contribution < 1.29 is 9.53 Å². The standard InChI is InChI=1S/C11H18O2/c1-6-13-10(12)7-8-11(4,5)9(2)3/h9H,6H2,1-5H3. The van der Waals surface area contributed by atoms with Gasteiger partial charge in [-0.2, -0.15) is 0 Å². The molecule has 13 heavy (non-hydrogen) atoms. The normalized spacial score (nSPS) is 10.6. The van der Waals surface area contributed by atoms with Gasteiger partial charge in [0.2, 0.25) is 0 Å². The second-order valence-corrected chi connectivity index (χ2v) is 3.85. The highest BCUT2D eigenvalue weighted by Crippen LogP contribution is 2.24. The second-order valence-electron chi connectivity index (χ2n) is 3.85. The molecule has 0 fully saturated rings. The summed E-state index contributed by atoms with van der Waals surface area (Å²) in [6.07, 6.45) is 0. The minimum Gasteiger partial charge on any atom is -0.456 e. The van der Waals surface area contributed by atoms with Crippen molar-refractivity contribution in [3.05, 3.63) is 0 Å². The summed E-state index contributed by atoms with van der Waals surface area (Å²) in [5, 5.41) is 0. The second kappa shape index (κ2) is 4.91. The molecule has 0 rings (SSSR count). The molecular formula is C11H18O2. The van der Waals surface area contributed by atoms with Crippen molar-refractivity contribution in [3.8, 4) is 11.8 Å². The van der Waals surface area contributed by atoms with Gasteiger partial charge in [-0.25, -0.2) is 4.79 Å². The average Bonchev–Trinajstić information content (AvgIpc) is 2.01. The van der Waals surface area contributed by atoms with Crippen molar-refractivity contribution >= 4 is 5.97 Å². The van der Waals surface area contributed by atoms with Gasteiger partial charge in [0, 0.05) is 11.3 Å². The molecule has 0 radical (unpaired) electrons. The van der Waals surface area contributed by atoms with E-state index in [2.05, 4.69) is 25.7 Å². The van der Waals surface area contributed by atoms with Gasteiger partial charge in [-0.05, 0) is 26.7 Å². The van der Waals surface area contributed by atoms with E-state index in [1.807, 2.05) is 13.8 Å². The zero-order valence-corrected chi connectivity index (χ0v) is 9.10. The van der Waals surface area contributed by atoms with Gasteiger partial charge >= 0.3 is 5.97 Å². The minimum atomic E-state index is -0.434. The first kappa shape index (κ1) is 12.0. The largest absolute Gasteiger partial charge is 0.456 e. The topological polar surface area (TPSA) is 26.3 Å². The number of esters is 1. The molecule has 0 N–H and O–H groups in total. The Morgan fingerprint density at radius 2 is 2.00 bits per heavy atom. The Labute approximate surface area is 80.7 Å². The van der Waals surface area contributed by atoms with E-state index < -0.39 is 5.97 Å². The molecule has 2 heteroatoms. The van der Waals surface area contributed by atoms with Gasteiger partial charge in [0.25, 0.3) is 0 Å². The van der Waals surface area contributed by atoms with Crippen LogP contribution in [0.4, 0.5) is 0 Å². The van der Waals surface area contributed by atoms with Gasteiger partial charge in [-0.3, -0.25) is 0 Å². The van der Waals surface area contributed by atoms with Crippen molar-refractivity contribution in [1.29, 1.82) is 0 Å². The number of rotatable bonds is 2. The molecule has 0 unspecified atom stereocenters. The summed E-state index contributed by atoms with van der Waals surface area (Å²) in [6, 6.07) is 0. The number of hydrogen-bond acceptors (Lipinski definition) is 2. The fourth-order valence-corrected chi connectivity index (χ4v) is 0.524. The zero-order chi connectivity index (χ0) is 10.5. The molecule has 0 aliphatic heterocycles. The molecule has 0 aromatic rings. The smallest absolute Gasteiger partial charge is 0.384 e. The summed E-state index contributed by atoms with van der Waals surface area (Å²) < 4.78 is 4.70. The Morgan fingerprint density at radius 1 is 1.46 bits per heavy atom. The van der Waals surface area contributed by atoms with Crippen LogP contribution < -0.4 is 0 Å². The summed E-state index contributed by atoms with van der Waals surface area (Å²) >= 11 is 0. The van der Waals surface area contributed by atoms with Crippen molar-refractivity contribution in [1.82, 2.24) is 0 Å². The summed E-state index contributed by atoms with van der Waals surface area (Å²) in [5.74, 6) is 5.40. The Hall–Kier alpha value is -0.970. The predicted octanol–water partition coefficient (Wildman–Crippen LogP) is 2.24. The van der Waals surface area contributed by atoms with Crippen LogP contribution in [0.1, 0.15) is 34.6 Å². The van der Waals surface area contributed by atoms with Crippen molar-refractivity contribution in [3.63, 3.8) is 0 Å². The first-order chi connectivity index (χ1) is 5.90. The highest BCUT2D eigenvalue weighted by molar-refractivity contribution is 5.88. The first-order valence-electron chi connectivity index (χ1n) is 4.60. The van der Waals surface area contributed by atoms with Crippen LogP contribution in [-0.4, -0.2) is 12.6 Å². The Morgan fingerprint density at radius 3 is 2.38 bits per heavy atom. The molecule has 0 aliphatic rings. The van der Waals surface area contributed by atoms with Gasteiger partial charge in [-0.1, -0.05) is 19.8 Å². The van der Waals surface area contributed by atoms with Crippen LogP contribution >= 0.6 is 0 Å². The third-order valence-electron chi connectivity index (χ3n) is 2.21. The molecular weight excluding hydrogens is 164 g/mol. The van der Waals surface area contributed by atoms with Gasteiger partial charge < -0.3 is 4.74 Å². The van der Waals surface area contributed by atoms with Crippen LogP contribution in [0, 0.1) is 23.2 Å². The van der Waals surface area contributed by atoms with Gasteiger partial charge in [0.05, 0.1) is 6.61 Å². The molecule has 0 saturated carbocycles. The van der Waals surface area contributed by atoms with Crippen LogP contribution in [0.3, 0.4) is 0 Å². The molecule has 0 aromatic heterocycles. The fraction of sp³-hybridized carbons (Fsp3) is 0.727. The lowest BCUT2D eigenvalue weighted by Gasteiger charge is -2.21. The quantitative estimate of drug-likeness (QED) is 0.372. The third kappa shape index (κ3) is 4.57. The highest BCUT2D eigenvalue weighted by atomic mass is 16.5. The molecule has 0 saturated heterocycles. The highest BCUT2D eigenvalue weighted by Gasteiger charge is 2.19. The lowest BCUT2D eigenvalue weighted by atomic mass is 9.82. The lowest BCUT2D eigenvalue weighted by Crippen LogP contribution is -2.17. The minimum absolute atomic E-state index is 0.132. The molecule has 0 aliphatic carbocycles. The van der Waals surface area contributed by atoms with E-state index in [-0.39, 0.29) is 5.41 Å². The van der Waals surface area contributed by atoms with E-state index in [4.69, 9.17) is 4.74 Å². The number of hydrogen-bond donors (Lipinski definition) is 0. The maximum Gasteiger partial charge on any atom is 0.384 e. The molecule has 0 bridgehead atoms. The van der Waals surface area contributed by atoms with E-state index in [0.717, 1.165) is 0 Å². The molecule has 0 spiro atoms. The summed E-state index contributed by atoms with van der Waals surface area (Å²) in [6.45, 7) is 10.4. The number of carbonyl (C=O) groups is 1. The van der Waals surface area contributed by atoms with E-state index in [1.54, 1.807) is 6.92 Å². The van der Waals surface area contributed by atoms with Crippen LogP contribution in [0.25, 0.3) is 0 Å². The molecule has 0 heterocycles.